The molecule has 0 spiro atoms. The van der Waals surface area contributed by atoms with Gasteiger partial charge in [0.2, 0.25) is 0 Å². The largest absolute Gasteiger partial charge is 0.491 e. The molecule has 0 unspecified atom stereocenters. The van der Waals surface area contributed by atoms with Crippen molar-refractivity contribution in [2.45, 2.75) is 23.1 Å². The van der Waals surface area contributed by atoms with Gasteiger partial charge in [0.1, 0.15) is 10.6 Å². The first kappa shape index (κ1) is 27.4. The Balaban J connectivity index is 1.95. The maximum absolute atomic E-state index is 11.8. The number of aryl methyl sites for hydroxylation is 1. The molecule has 0 amide bonds. The summed E-state index contributed by atoms with van der Waals surface area (Å²) in [6.07, 6.45) is 0.0233. The Morgan fingerprint density at radius 3 is 2.19 bits per heavy atom. The van der Waals surface area contributed by atoms with Crippen LogP contribution in [0.3, 0.4) is 0 Å². The highest BCUT2D eigenvalue weighted by Crippen LogP contribution is 2.34. The number of nitrogens with zero attached hydrogens (tertiary/aromatic N) is 2. The highest BCUT2D eigenvalue weighted by molar-refractivity contribution is 7.87. The fourth-order valence-electron chi connectivity index (χ4n) is 3.18. The first-order valence-electron chi connectivity index (χ1n) is 9.97. The van der Waals surface area contributed by atoms with Crippen LogP contribution in [0.4, 0.5) is 17.1 Å². The number of rotatable bonds is 9. The SMILES string of the molecule is Cc1cc(N)c(OCCCS(=O)(=O)O)cc1N=Nc1ccc2cc(S(=O)(=O)O)cc(S(=O)(=O)O)c2c1. The zero-order valence-corrected chi connectivity index (χ0v) is 21.0. The Bertz CT molecular complexity index is 1680. The Labute approximate surface area is 206 Å². The molecule has 13 nitrogen and oxygen atoms in total. The van der Waals surface area contributed by atoms with Crippen LogP contribution in [-0.2, 0) is 30.4 Å². The van der Waals surface area contributed by atoms with Crippen LogP contribution in [0.1, 0.15) is 12.0 Å². The Morgan fingerprint density at radius 1 is 0.889 bits per heavy atom. The molecule has 0 saturated heterocycles. The number of nitrogen functional groups attached to an aromatic ring is 1. The molecule has 3 rings (SSSR count). The van der Waals surface area contributed by atoms with Crippen LogP contribution >= 0.6 is 0 Å². The van der Waals surface area contributed by atoms with Crippen LogP contribution in [0.2, 0.25) is 0 Å². The predicted octanol–water partition coefficient (Wildman–Crippen LogP) is 3.30. The number of hydrogen-bond acceptors (Lipinski definition) is 10. The normalized spacial score (nSPS) is 12.9. The molecule has 36 heavy (non-hydrogen) atoms. The Morgan fingerprint density at radius 2 is 1.58 bits per heavy atom. The summed E-state index contributed by atoms with van der Waals surface area (Å²) in [5.74, 6) is -0.278. The summed E-state index contributed by atoms with van der Waals surface area (Å²) in [4.78, 5) is -1.45. The second kappa shape index (κ2) is 10.1. The second-order valence-electron chi connectivity index (χ2n) is 7.64. The van der Waals surface area contributed by atoms with Crippen molar-refractivity contribution < 1.29 is 43.6 Å². The van der Waals surface area contributed by atoms with E-state index in [0.717, 1.165) is 6.07 Å². The average Bonchev–Trinajstić information content (AvgIpc) is 2.74. The Hall–Kier alpha value is -3.15. The van der Waals surface area contributed by atoms with Gasteiger partial charge in [-0.05, 0) is 54.6 Å². The van der Waals surface area contributed by atoms with Crippen LogP contribution in [0.15, 0.2) is 62.5 Å². The highest BCUT2D eigenvalue weighted by Gasteiger charge is 2.20. The smallest absolute Gasteiger partial charge is 0.295 e. The first-order valence-corrected chi connectivity index (χ1v) is 14.5. The molecule has 3 aromatic rings. The third-order valence-corrected chi connectivity index (χ3v) is 7.38. The molecule has 0 bridgehead atoms. The van der Waals surface area contributed by atoms with E-state index in [9.17, 15) is 34.4 Å². The number of fused-ring (bicyclic) bond motifs is 1. The van der Waals surface area contributed by atoms with Crippen molar-refractivity contribution in [3.63, 3.8) is 0 Å². The van der Waals surface area contributed by atoms with Gasteiger partial charge in [0.15, 0.2) is 0 Å². The lowest BCUT2D eigenvalue weighted by Gasteiger charge is -2.11. The standard InChI is InChI=1S/C20H21N3O10S3/c1-12-7-17(21)19(33-5-2-6-34(24,25)26)11-18(12)23-22-14-4-3-13-8-15(35(27,28)29)10-20(16(13)9-14)36(30,31)32/h3-4,7-11H,2,5-6,21H2,1H3,(H,24,25,26)(H,27,28,29)(H,30,31,32). The number of azo groups is 1. The summed E-state index contributed by atoms with van der Waals surface area (Å²) < 4.78 is 101. The van der Waals surface area contributed by atoms with Gasteiger partial charge < -0.3 is 10.5 Å². The van der Waals surface area contributed by atoms with Crippen molar-refractivity contribution in [1.82, 2.24) is 0 Å². The number of ether oxygens (including phenoxy) is 1. The fourth-order valence-corrected chi connectivity index (χ4v) is 5.01. The fraction of sp³-hybridized carbons (Fsp3) is 0.200. The Kier molecular flexibility index (Phi) is 7.68. The van der Waals surface area contributed by atoms with Crippen molar-refractivity contribution in [2.24, 2.45) is 10.2 Å². The number of anilines is 1. The summed E-state index contributed by atoms with van der Waals surface area (Å²) in [6, 6.07) is 8.69. The van der Waals surface area contributed by atoms with Crippen LogP contribution in [0.25, 0.3) is 10.8 Å². The zero-order chi connectivity index (χ0) is 26.9. The third-order valence-electron chi connectivity index (χ3n) is 4.85. The third kappa shape index (κ3) is 6.96. The molecule has 194 valence electrons. The lowest BCUT2D eigenvalue weighted by Crippen LogP contribution is -2.09. The molecule has 0 aliphatic rings. The lowest BCUT2D eigenvalue weighted by atomic mass is 10.1. The van der Waals surface area contributed by atoms with E-state index >= 15 is 0 Å². The minimum Gasteiger partial charge on any atom is -0.491 e. The molecule has 0 heterocycles. The number of benzene rings is 3. The minimum absolute atomic E-state index is 0.0233. The molecule has 0 atom stereocenters. The molecular weight excluding hydrogens is 538 g/mol. The van der Waals surface area contributed by atoms with Gasteiger partial charge in [-0.25, -0.2) is 0 Å². The maximum Gasteiger partial charge on any atom is 0.295 e. The van der Waals surface area contributed by atoms with E-state index in [1.165, 1.54) is 24.3 Å². The van der Waals surface area contributed by atoms with E-state index in [2.05, 4.69) is 10.2 Å². The molecule has 0 fully saturated rings. The topological polar surface area (TPSA) is 223 Å². The van der Waals surface area contributed by atoms with Gasteiger partial charge in [-0.3, -0.25) is 13.7 Å². The van der Waals surface area contributed by atoms with Gasteiger partial charge in [-0.2, -0.15) is 35.5 Å². The zero-order valence-electron chi connectivity index (χ0n) is 18.6. The van der Waals surface area contributed by atoms with Crippen LogP contribution in [0, 0.1) is 6.92 Å². The highest BCUT2D eigenvalue weighted by atomic mass is 32.2. The molecule has 0 aromatic heterocycles. The van der Waals surface area contributed by atoms with Crippen molar-refractivity contribution in [3.05, 3.63) is 48.0 Å². The summed E-state index contributed by atoms with van der Waals surface area (Å²) in [7, 11) is -13.7. The van der Waals surface area contributed by atoms with E-state index < -0.39 is 45.9 Å². The van der Waals surface area contributed by atoms with Crippen LogP contribution in [0.5, 0.6) is 5.75 Å². The van der Waals surface area contributed by atoms with Gasteiger partial charge in [0.05, 0.1) is 34.3 Å². The molecule has 0 aliphatic carbocycles. The van der Waals surface area contributed by atoms with Gasteiger partial charge >= 0.3 is 0 Å². The number of nitrogens with two attached hydrogens (primary N) is 1. The van der Waals surface area contributed by atoms with Crippen molar-refractivity contribution in [1.29, 1.82) is 0 Å². The average molecular weight is 560 g/mol. The summed E-state index contributed by atoms with van der Waals surface area (Å²) in [5, 5.41) is 8.20. The summed E-state index contributed by atoms with van der Waals surface area (Å²) in [5.41, 5.74) is 7.27. The van der Waals surface area contributed by atoms with E-state index in [1.807, 2.05) is 0 Å². The maximum atomic E-state index is 11.8. The van der Waals surface area contributed by atoms with E-state index in [1.54, 1.807) is 13.0 Å². The van der Waals surface area contributed by atoms with Gasteiger partial charge in [0.25, 0.3) is 30.4 Å². The van der Waals surface area contributed by atoms with Crippen molar-refractivity contribution in [2.75, 3.05) is 18.1 Å². The van der Waals surface area contributed by atoms with Crippen molar-refractivity contribution in [3.8, 4) is 5.75 Å². The molecular formula is C20H21N3O10S3. The molecule has 0 radical (unpaired) electrons. The summed E-state index contributed by atoms with van der Waals surface area (Å²) >= 11 is 0. The molecule has 5 N–H and O–H groups in total. The monoisotopic (exact) mass is 559 g/mol. The van der Waals surface area contributed by atoms with E-state index in [4.69, 9.17) is 15.0 Å². The number of hydrogen-bond donors (Lipinski definition) is 4. The minimum atomic E-state index is -4.87. The van der Waals surface area contributed by atoms with Crippen molar-refractivity contribution >= 4 is 58.2 Å². The van der Waals surface area contributed by atoms with Crippen LogP contribution < -0.4 is 10.5 Å². The van der Waals surface area contributed by atoms with Gasteiger partial charge in [-0.15, -0.1) is 0 Å². The molecule has 0 saturated carbocycles. The molecule has 16 heteroatoms. The molecule has 0 aliphatic heterocycles. The van der Waals surface area contributed by atoms with Crippen LogP contribution in [-0.4, -0.2) is 51.3 Å². The van der Waals surface area contributed by atoms with Gasteiger partial charge in [-0.1, -0.05) is 6.07 Å². The summed E-state index contributed by atoms with van der Waals surface area (Å²) in [6.45, 7) is 1.65. The first-order chi connectivity index (χ1) is 16.5. The second-order valence-corrected chi connectivity index (χ2v) is 12.0. The lowest BCUT2D eigenvalue weighted by molar-refractivity contribution is 0.318. The quantitative estimate of drug-likeness (QED) is 0.129. The molecule has 3 aromatic carbocycles. The van der Waals surface area contributed by atoms with E-state index in [-0.39, 0.29) is 40.9 Å². The predicted molar refractivity (Wildman–Crippen MR) is 130 cm³/mol. The van der Waals surface area contributed by atoms with Gasteiger partial charge in [0, 0.05) is 11.5 Å². The van der Waals surface area contributed by atoms with E-state index in [0.29, 0.717) is 17.3 Å².